The zero-order valence-corrected chi connectivity index (χ0v) is 12.4. The molecule has 0 fully saturated rings. The molecule has 0 radical (unpaired) electrons. The van der Waals surface area contributed by atoms with Crippen LogP contribution in [0.15, 0.2) is 6.20 Å². The molecule has 1 atom stereocenters. The Kier molecular flexibility index (Phi) is 5.61. The number of rotatable bonds is 6. The van der Waals surface area contributed by atoms with Crippen LogP contribution in [0.3, 0.4) is 0 Å². The van der Waals surface area contributed by atoms with Gasteiger partial charge in [0.1, 0.15) is 6.54 Å². The fraction of sp³-hybridized carbons (Fsp3) is 0.750. The van der Waals surface area contributed by atoms with E-state index < -0.39 is 12.7 Å². The summed E-state index contributed by atoms with van der Waals surface area (Å²) in [5.41, 5.74) is 0. The molecule has 0 aliphatic rings. The first-order chi connectivity index (χ1) is 8.74. The lowest BCUT2D eigenvalue weighted by atomic mass is 10.3. The third kappa shape index (κ3) is 4.99. The van der Waals surface area contributed by atoms with E-state index in [1.165, 1.54) is 16.2 Å². The van der Waals surface area contributed by atoms with Crippen molar-refractivity contribution in [1.82, 2.24) is 10.3 Å². The number of hydrogen-bond donors (Lipinski definition) is 1. The Morgan fingerprint density at radius 1 is 1.37 bits per heavy atom. The van der Waals surface area contributed by atoms with Gasteiger partial charge in [0.15, 0.2) is 5.13 Å². The molecular formula is C12H20F3N3S. The van der Waals surface area contributed by atoms with Crippen molar-refractivity contribution in [3.8, 4) is 0 Å². The van der Waals surface area contributed by atoms with Crippen molar-refractivity contribution in [2.24, 2.45) is 0 Å². The van der Waals surface area contributed by atoms with E-state index in [0.29, 0.717) is 5.13 Å². The van der Waals surface area contributed by atoms with Crippen LogP contribution in [-0.4, -0.2) is 30.3 Å². The molecule has 1 heterocycles. The Labute approximate surface area is 115 Å². The Balaban J connectivity index is 2.86. The van der Waals surface area contributed by atoms with Gasteiger partial charge in [-0.1, -0.05) is 6.92 Å². The molecule has 0 aliphatic heterocycles. The molecule has 7 heteroatoms. The number of alkyl halides is 3. The van der Waals surface area contributed by atoms with Crippen molar-refractivity contribution in [3.63, 3.8) is 0 Å². The van der Waals surface area contributed by atoms with E-state index in [1.54, 1.807) is 20.0 Å². The third-order valence-corrected chi connectivity index (χ3v) is 3.88. The summed E-state index contributed by atoms with van der Waals surface area (Å²) in [6, 6.07) is -0.133. The van der Waals surface area contributed by atoms with Crippen LogP contribution >= 0.6 is 11.3 Å². The van der Waals surface area contributed by atoms with Gasteiger partial charge in [-0.25, -0.2) is 4.98 Å². The molecule has 1 unspecified atom stereocenters. The second-order valence-corrected chi connectivity index (χ2v) is 5.70. The van der Waals surface area contributed by atoms with E-state index in [4.69, 9.17) is 0 Å². The van der Waals surface area contributed by atoms with Gasteiger partial charge in [-0.3, -0.25) is 0 Å². The van der Waals surface area contributed by atoms with Gasteiger partial charge >= 0.3 is 6.18 Å². The van der Waals surface area contributed by atoms with Crippen LogP contribution in [0, 0.1) is 0 Å². The molecule has 0 bridgehead atoms. The van der Waals surface area contributed by atoms with Crippen LogP contribution in [0.4, 0.5) is 18.3 Å². The second-order valence-electron chi connectivity index (χ2n) is 4.66. The summed E-state index contributed by atoms with van der Waals surface area (Å²) < 4.78 is 37.7. The molecule has 1 rings (SSSR count). The first-order valence-electron chi connectivity index (χ1n) is 6.27. The number of nitrogens with one attached hydrogen (secondary N) is 1. The minimum Gasteiger partial charge on any atom is -0.337 e. The fourth-order valence-electron chi connectivity index (χ4n) is 1.68. The number of aromatic nitrogens is 1. The predicted octanol–water partition coefficient (Wildman–Crippen LogP) is 3.59. The Bertz CT molecular complexity index is 390. The van der Waals surface area contributed by atoms with Crippen LogP contribution in [-0.2, 0) is 0 Å². The SMILES string of the molecule is CCNC(C)c1cnc(N(CC(F)(F)F)C(C)C)s1. The number of anilines is 1. The molecule has 110 valence electrons. The zero-order chi connectivity index (χ0) is 14.6. The van der Waals surface area contributed by atoms with Crippen LogP contribution in [0.1, 0.15) is 38.6 Å². The molecule has 0 aliphatic carbocycles. The topological polar surface area (TPSA) is 28.2 Å². The number of nitrogens with zero attached hydrogens (tertiary/aromatic N) is 2. The summed E-state index contributed by atoms with van der Waals surface area (Å²) in [5.74, 6) is 0. The van der Waals surface area contributed by atoms with Gasteiger partial charge < -0.3 is 10.2 Å². The van der Waals surface area contributed by atoms with Gasteiger partial charge in [0.2, 0.25) is 0 Å². The normalized spacial score (nSPS) is 13.9. The standard InChI is InChI=1S/C12H20F3N3S/c1-5-16-9(4)10-6-17-11(19-10)18(8(2)3)7-12(13,14)15/h6,8-9,16H,5,7H2,1-4H3. The lowest BCUT2D eigenvalue weighted by Gasteiger charge is -2.27. The largest absolute Gasteiger partial charge is 0.406 e. The highest BCUT2D eigenvalue weighted by Gasteiger charge is 2.33. The Hall–Kier alpha value is -0.820. The molecule has 1 aromatic rings. The predicted molar refractivity (Wildman–Crippen MR) is 72.7 cm³/mol. The van der Waals surface area contributed by atoms with E-state index in [-0.39, 0.29) is 12.1 Å². The average Bonchev–Trinajstić information content (AvgIpc) is 2.73. The van der Waals surface area contributed by atoms with Crippen LogP contribution in [0.5, 0.6) is 0 Å². The summed E-state index contributed by atoms with van der Waals surface area (Å²) in [6.45, 7) is 7.28. The van der Waals surface area contributed by atoms with Gasteiger partial charge in [-0.15, -0.1) is 11.3 Å². The first kappa shape index (κ1) is 16.2. The molecular weight excluding hydrogens is 275 g/mol. The molecule has 0 amide bonds. The third-order valence-electron chi connectivity index (χ3n) is 2.67. The van der Waals surface area contributed by atoms with Gasteiger partial charge in [0, 0.05) is 23.2 Å². The van der Waals surface area contributed by atoms with Crippen molar-refractivity contribution >= 4 is 16.5 Å². The molecule has 1 N–H and O–H groups in total. The number of halogens is 3. The van der Waals surface area contributed by atoms with Crippen molar-refractivity contribution in [2.75, 3.05) is 18.0 Å². The molecule has 3 nitrogen and oxygen atoms in total. The highest BCUT2D eigenvalue weighted by atomic mass is 32.1. The summed E-state index contributed by atoms with van der Waals surface area (Å²) in [4.78, 5) is 6.36. The van der Waals surface area contributed by atoms with E-state index >= 15 is 0 Å². The molecule has 1 aromatic heterocycles. The summed E-state index contributed by atoms with van der Waals surface area (Å²) in [5, 5.41) is 3.64. The Morgan fingerprint density at radius 3 is 2.47 bits per heavy atom. The van der Waals surface area contributed by atoms with E-state index in [1.807, 2.05) is 13.8 Å². The monoisotopic (exact) mass is 295 g/mol. The number of hydrogen-bond acceptors (Lipinski definition) is 4. The van der Waals surface area contributed by atoms with Crippen LogP contribution in [0.2, 0.25) is 0 Å². The fourth-order valence-corrected chi connectivity index (χ4v) is 2.76. The lowest BCUT2D eigenvalue weighted by molar-refractivity contribution is -0.120. The Morgan fingerprint density at radius 2 is 2.00 bits per heavy atom. The molecule has 19 heavy (non-hydrogen) atoms. The molecule has 0 saturated carbocycles. The van der Waals surface area contributed by atoms with Gasteiger partial charge in [0.25, 0.3) is 0 Å². The van der Waals surface area contributed by atoms with Crippen molar-refractivity contribution in [2.45, 2.75) is 46.0 Å². The highest BCUT2D eigenvalue weighted by molar-refractivity contribution is 7.15. The van der Waals surface area contributed by atoms with Crippen molar-refractivity contribution in [3.05, 3.63) is 11.1 Å². The lowest BCUT2D eigenvalue weighted by Crippen LogP contribution is -2.39. The maximum Gasteiger partial charge on any atom is 0.406 e. The quantitative estimate of drug-likeness (QED) is 0.869. The van der Waals surface area contributed by atoms with Crippen LogP contribution < -0.4 is 10.2 Å². The zero-order valence-electron chi connectivity index (χ0n) is 11.6. The summed E-state index contributed by atoms with van der Waals surface area (Å²) in [7, 11) is 0. The van der Waals surface area contributed by atoms with Crippen molar-refractivity contribution < 1.29 is 13.2 Å². The maximum atomic E-state index is 12.6. The minimum atomic E-state index is -4.22. The van der Waals surface area contributed by atoms with E-state index in [9.17, 15) is 13.2 Å². The second kappa shape index (κ2) is 6.56. The highest BCUT2D eigenvalue weighted by Crippen LogP contribution is 2.30. The molecule has 0 aromatic carbocycles. The van der Waals surface area contributed by atoms with E-state index in [0.717, 1.165) is 11.4 Å². The molecule has 0 saturated heterocycles. The van der Waals surface area contributed by atoms with Gasteiger partial charge in [-0.05, 0) is 27.3 Å². The average molecular weight is 295 g/mol. The van der Waals surface area contributed by atoms with Gasteiger partial charge in [-0.2, -0.15) is 13.2 Å². The summed E-state index contributed by atoms with van der Waals surface area (Å²) in [6.07, 6.45) is -2.57. The smallest absolute Gasteiger partial charge is 0.337 e. The van der Waals surface area contributed by atoms with Crippen molar-refractivity contribution in [1.29, 1.82) is 0 Å². The number of thiazole rings is 1. The minimum absolute atomic E-state index is 0.108. The molecule has 0 spiro atoms. The van der Waals surface area contributed by atoms with Crippen LogP contribution in [0.25, 0.3) is 0 Å². The first-order valence-corrected chi connectivity index (χ1v) is 7.08. The van der Waals surface area contributed by atoms with E-state index in [2.05, 4.69) is 10.3 Å². The maximum absolute atomic E-state index is 12.6. The van der Waals surface area contributed by atoms with Gasteiger partial charge in [0.05, 0.1) is 0 Å². The summed E-state index contributed by atoms with van der Waals surface area (Å²) >= 11 is 1.31.